The van der Waals surface area contributed by atoms with Gasteiger partial charge in [-0.2, -0.15) is 0 Å². The number of anilines is 1. The smallest absolute Gasteiger partial charge is 0.412 e. The number of halogens is 1. The molecule has 1 heterocycles. The number of amides is 1. The zero-order valence-corrected chi connectivity index (χ0v) is 12.4. The van der Waals surface area contributed by atoms with E-state index in [1.54, 1.807) is 18.2 Å². The molecule has 0 aliphatic heterocycles. The number of carbonyl (C=O) groups excluding carboxylic acids is 1. The number of benzene rings is 1. The van der Waals surface area contributed by atoms with Crippen LogP contribution in [0, 0.1) is 0 Å². The zero-order valence-electron chi connectivity index (χ0n) is 11.7. The van der Waals surface area contributed by atoms with E-state index in [2.05, 4.69) is 10.3 Å². The van der Waals surface area contributed by atoms with Crippen LogP contribution in [-0.2, 0) is 4.74 Å². The molecule has 20 heavy (non-hydrogen) atoms. The highest BCUT2D eigenvalue weighted by Crippen LogP contribution is 2.30. The predicted octanol–water partition coefficient (Wildman–Crippen LogP) is 4.68. The third kappa shape index (κ3) is 3.78. The Hall–Kier alpha value is -1.94. The van der Waals surface area contributed by atoms with E-state index in [0.717, 1.165) is 11.3 Å². The third-order valence-corrected chi connectivity index (χ3v) is 2.74. The Balaban J connectivity index is 2.26. The zero-order chi connectivity index (χ0) is 14.8. The SMILES string of the molecule is CC(C)(C)OC(=O)Nc1ccc(Cl)cc1-c1ccc[nH]1. The van der Waals surface area contributed by atoms with Crippen molar-refractivity contribution in [3.05, 3.63) is 41.6 Å². The van der Waals surface area contributed by atoms with Gasteiger partial charge in [-0.15, -0.1) is 0 Å². The summed E-state index contributed by atoms with van der Waals surface area (Å²) in [5, 5.41) is 3.34. The monoisotopic (exact) mass is 292 g/mol. The Kier molecular flexibility index (Phi) is 4.04. The van der Waals surface area contributed by atoms with Crippen molar-refractivity contribution in [2.24, 2.45) is 0 Å². The van der Waals surface area contributed by atoms with Gasteiger partial charge in [0.1, 0.15) is 5.60 Å². The summed E-state index contributed by atoms with van der Waals surface area (Å²) >= 11 is 6.02. The number of aromatic nitrogens is 1. The van der Waals surface area contributed by atoms with Crippen LogP contribution in [0.1, 0.15) is 20.8 Å². The second kappa shape index (κ2) is 5.59. The molecule has 0 atom stereocenters. The highest BCUT2D eigenvalue weighted by atomic mass is 35.5. The second-order valence-electron chi connectivity index (χ2n) is 5.40. The average molecular weight is 293 g/mol. The summed E-state index contributed by atoms with van der Waals surface area (Å²) in [6.45, 7) is 5.46. The summed E-state index contributed by atoms with van der Waals surface area (Å²) in [4.78, 5) is 15.0. The van der Waals surface area contributed by atoms with Crippen LogP contribution in [0.3, 0.4) is 0 Å². The Morgan fingerprint density at radius 2 is 2.05 bits per heavy atom. The van der Waals surface area contributed by atoms with E-state index in [1.165, 1.54) is 0 Å². The first-order valence-corrected chi connectivity index (χ1v) is 6.66. The van der Waals surface area contributed by atoms with Gasteiger partial charge in [0.25, 0.3) is 0 Å². The molecule has 0 saturated heterocycles. The molecule has 2 rings (SSSR count). The van der Waals surface area contributed by atoms with Gasteiger partial charge >= 0.3 is 6.09 Å². The van der Waals surface area contributed by atoms with Gasteiger partial charge in [0, 0.05) is 22.5 Å². The molecule has 0 radical (unpaired) electrons. The van der Waals surface area contributed by atoms with Crippen LogP contribution in [0.15, 0.2) is 36.5 Å². The van der Waals surface area contributed by atoms with E-state index in [9.17, 15) is 4.79 Å². The molecule has 4 nitrogen and oxygen atoms in total. The van der Waals surface area contributed by atoms with Gasteiger partial charge in [0.2, 0.25) is 0 Å². The normalized spacial score (nSPS) is 11.2. The van der Waals surface area contributed by atoms with Gasteiger partial charge in [0.05, 0.1) is 5.69 Å². The maximum absolute atomic E-state index is 11.9. The number of hydrogen-bond acceptors (Lipinski definition) is 2. The summed E-state index contributed by atoms with van der Waals surface area (Å²) in [5.74, 6) is 0. The lowest BCUT2D eigenvalue weighted by Gasteiger charge is -2.20. The number of aromatic amines is 1. The van der Waals surface area contributed by atoms with Gasteiger partial charge in [-0.3, -0.25) is 5.32 Å². The van der Waals surface area contributed by atoms with Crippen LogP contribution >= 0.6 is 11.6 Å². The minimum Gasteiger partial charge on any atom is -0.444 e. The number of H-pyrrole nitrogens is 1. The molecule has 0 saturated carbocycles. The van der Waals surface area contributed by atoms with Gasteiger partial charge < -0.3 is 9.72 Å². The van der Waals surface area contributed by atoms with Gasteiger partial charge in [0.15, 0.2) is 0 Å². The molecule has 0 bridgehead atoms. The quantitative estimate of drug-likeness (QED) is 0.844. The molecule has 0 spiro atoms. The lowest BCUT2D eigenvalue weighted by Crippen LogP contribution is -2.27. The van der Waals surface area contributed by atoms with Crippen LogP contribution in [0.2, 0.25) is 5.02 Å². The van der Waals surface area contributed by atoms with Crippen molar-refractivity contribution in [3.63, 3.8) is 0 Å². The Labute approximate surface area is 123 Å². The third-order valence-electron chi connectivity index (χ3n) is 2.51. The van der Waals surface area contributed by atoms with Gasteiger partial charge in [-0.1, -0.05) is 11.6 Å². The molecular weight excluding hydrogens is 276 g/mol. The first-order valence-electron chi connectivity index (χ1n) is 6.28. The largest absolute Gasteiger partial charge is 0.444 e. The predicted molar refractivity (Wildman–Crippen MR) is 81.1 cm³/mol. The fourth-order valence-electron chi connectivity index (χ4n) is 1.76. The topological polar surface area (TPSA) is 54.1 Å². The van der Waals surface area contributed by atoms with E-state index in [-0.39, 0.29) is 0 Å². The molecule has 1 amide bonds. The van der Waals surface area contributed by atoms with E-state index in [4.69, 9.17) is 16.3 Å². The number of nitrogens with one attached hydrogen (secondary N) is 2. The van der Waals surface area contributed by atoms with Crippen molar-refractivity contribution in [1.29, 1.82) is 0 Å². The van der Waals surface area contributed by atoms with Crippen molar-refractivity contribution in [3.8, 4) is 11.3 Å². The maximum atomic E-state index is 11.9. The number of carbonyl (C=O) groups is 1. The molecule has 2 aromatic rings. The van der Waals surface area contributed by atoms with Gasteiger partial charge in [-0.05, 0) is 51.1 Å². The lowest BCUT2D eigenvalue weighted by atomic mass is 10.1. The van der Waals surface area contributed by atoms with Crippen LogP contribution < -0.4 is 5.32 Å². The van der Waals surface area contributed by atoms with Crippen molar-refractivity contribution in [2.75, 3.05) is 5.32 Å². The fraction of sp³-hybridized carbons (Fsp3) is 0.267. The Morgan fingerprint density at radius 1 is 1.30 bits per heavy atom. The van der Waals surface area contributed by atoms with Crippen molar-refractivity contribution in [2.45, 2.75) is 26.4 Å². The summed E-state index contributed by atoms with van der Waals surface area (Å²) in [5.41, 5.74) is 1.79. The van der Waals surface area contributed by atoms with Gasteiger partial charge in [-0.25, -0.2) is 4.79 Å². The molecule has 1 aromatic carbocycles. The lowest BCUT2D eigenvalue weighted by molar-refractivity contribution is 0.0636. The van der Waals surface area contributed by atoms with Crippen LogP contribution in [0.4, 0.5) is 10.5 Å². The van der Waals surface area contributed by atoms with E-state index < -0.39 is 11.7 Å². The van der Waals surface area contributed by atoms with Crippen molar-refractivity contribution in [1.82, 2.24) is 4.98 Å². The van der Waals surface area contributed by atoms with E-state index >= 15 is 0 Å². The molecular formula is C15H17ClN2O2. The highest BCUT2D eigenvalue weighted by Gasteiger charge is 2.17. The second-order valence-corrected chi connectivity index (χ2v) is 5.84. The number of rotatable bonds is 2. The molecule has 5 heteroatoms. The first-order chi connectivity index (χ1) is 9.35. The Morgan fingerprint density at radius 3 is 2.65 bits per heavy atom. The van der Waals surface area contributed by atoms with Crippen LogP contribution in [0.5, 0.6) is 0 Å². The highest BCUT2D eigenvalue weighted by molar-refractivity contribution is 6.31. The molecule has 1 aromatic heterocycles. The van der Waals surface area contributed by atoms with E-state index in [0.29, 0.717) is 10.7 Å². The van der Waals surface area contributed by atoms with Crippen molar-refractivity contribution < 1.29 is 9.53 Å². The molecule has 0 aliphatic rings. The maximum Gasteiger partial charge on any atom is 0.412 e. The average Bonchev–Trinajstić information content (AvgIpc) is 2.82. The van der Waals surface area contributed by atoms with Crippen molar-refractivity contribution >= 4 is 23.4 Å². The molecule has 0 fully saturated rings. The molecule has 0 aliphatic carbocycles. The minimum absolute atomic E-state index is 0.493. The molecule has 106 valence electrons. The molecule has 2 N–H and O–H groups in total. The van der Waals surface area contributed by atoms with E-state index in [1.807, 2.05) is 39.1 Å². The first kappa shape index (κ1) is 14.5. The number of ether oxygens (including phenoxy) is 1. The fourth-order valence-corrected chi connectivity index (χ4v) is 1.93. The summed E-state index contributed by atoms with van der Waals surface area (Å²) < 4.78 is 5.25. The molecule has 0 unspecified atom stereocenters. The standard InChI is InChI=1S/C15H17ClN2O2/c1-15(2,3)20-14(19)18-13-7-6-10(16)9-11(13)12-5-4-8-17-12/h4-9,17H,1-3H3,(H,18,19). The number of hydrogen-bond donors (Lipinski definition) is 2. The summed E-state index contributed by atoms with van der Waals surface area (Å²) in [6.07, 6.45) is 1.32. The van der Waals surface area contributed by atoms with Crippen LogP contribution in [-0.4, -0.2) is 16.7 Å². The van der Waals surface area contributed by atoms with Crippen LogP contribution in [0.25, 0.3) is 11.3 Å². The Bertz CT molecular complexity index is 601. The summed E-state index contributed by atoms with van der Waals surface area (Å²) in [7, 11) is 0. The summed E-state index contributed by atoms with van der Waals surface area (Å²) in [6, 6.07) is 9.06. The minimum atomic E-state index is -0.539.